The average molecular weight is 176 g/mol. The van der Waals surface area contributed by atoms with Crippen molar-refractivity contribution in [2.75, 3.05) is 13.1 Å². The Morgan fingerprint density at radius 1 is 1.62 bits per heavy atom. The van der Waals surface area contributed by atoms with Crippen molar-refractivity contribution in [3.8, 4) is 0 Å². The van der Waals surface area contributed by atoms with Crippen molar-refractivity contribution in [2.24, 2.45) is 0 Å². The second-order valence-corrected chi connectivity index (χ2v) is 3.16. The molecule has 1 aromatic rings. The van der Waals surface area contributed by atoms with Crippen LogP contribution in [0.2, 0.25) is 0 Å². The van der Waals surface area contributed by atoms with E-state index in [9.17, 15) is 4.79 Å². The fraction of sp³-hybridized carbons (Fsp3) is 0.300. The highest BCUT2D eigenvalue weighted by Crippen LogP contribution is 2.12. The fourth-order valence-corrected chi connectivity index (χ4v) is 1.33. The Bertz CT molecular complexity index is 304. The van der Waals surface area contributed by atoms with Crippen LogP contribution in [-0.4, -0.2) is 35.1 Å². The van der Waals surface area contributed by atoms with Crippen molar-refractivity contribution in [3.63, 3.8) is 0 Å². The number of rotatable bonds is 1. The van der Waals surface area contributed by atoms with Crippen molar-refractivity contribution in [1.82, 2.24) is 4.90 Å². The predicted molar refractivity (Wildman–Crippen MR) is 47.2 cm³/mol. The van der Waals surface area contributed by atoms with Gasteiger partial charge in [0.2, 0.25) is 0 Å². The lowest BCUT2D eigenvalue weighted by Gasteiger charge is -2.35. The Balaban J connectivity index is 2.06. The summed E-state index contributed by atoms with van der Waals surface area (Å²) in [6, 6.07) is 9.79. The number of carbonyl (C=O) groups is 1. The molecule has 1 saturated heterocycles. The van der Waals surface area contributed by atoms with Crippen molar-refractivity contribution >= 4 is 5.91 Å². The van der Waals surface area contributed by atoms with Gasteiger partial charge in [0.05, 0.1) is 6.10 Å². The zero-order valence-corrected chi connectivity index (χ0v) is 7.10. The van der Waals surface area contributed by atoms with Gasteiger partial charge in [-0.25, -0.2) is 0 Å². The van der Waals surface area contributed by atoms with Gasteiger partial charge in [0.15, 0.2) is 0 Å². The topological polar surface area (TPSA) is 40.5 Å². The molecule has 3 nitrogen and oxygen atoms in total. The molecule has 0 saturated carbocycles. The molecule has 1 heterocycles. The van der Waals surface area contributed by atoms with Crippen LogP contribution in [0.1, 0.15) is 10.4 Å². The Morgan fingerprint density at radius 2 is 2.38 bits per heavy atom. The smallest absolute Gasteiger partial charge is 0.254 e. The van der Waals surface area contributed by atoms with E-state index in [4.69, 9.17) is 5.11 Å². The highest BCUT2D eigenvalue weighted by molar-refractivity contribution is 5.94. The van der Waals surface area contributed by atoms with Gasteiger partial charge in [0.1, 0.15) is 0 Å². The third-order valence-corrected chi connectivity index (χ3v) is 2.10. The number of benzene rings is 1. The van der Waals surface area contributed by atoms with Crippen molar-refractivity contribution in [2.45, 2.75) is 6.10 Å². The normalized spacial score (nSPS) is 16.8. The summed E-state index contributed by atoms with van der Waals surface area (Å²) in [7, 11) is 0. The third-order valence-electron chi connectivity index (χ3n) is 2.10. The van der Waals surface area contributed by atoms with Crippen LogP contribution in [0.3, 0.4) is 0 Å². The quantitative estimate of drug-likeness (QED) is 0.668. The molecule has 0 bridgehead atoms. The lowest BCUT2D eigenvalue weighted by Crippen LogP contribution is -2.53. The molecule has 67 valence electrons. The van der Waals surface area contributed by atoms with E-state index in [0.29, 0.717) is 18.7 Å². The van der Waals surface area contributed by atoms with E-state index in [2.05, 4.69) is 6.07 Å². The van der Waals surface area contributed by atoms with E-state index in [0.717, 1.165) is 0 Å². The minimum atomic E-state index is -0.336. The molecule has 1 aliphatic rings. The highest BCUT2D eigenvalue weighted by atomic mass is 16.3. The van der Waals surface area contributed by atoms with Gasteiger partial charge in [-0.1, -0.05) is 12.1 Å². The standard InChI is InChI=1S/C10H10NO2/c12-9-6-11(7-9)10(13)8-4-2-1-3-5-8/h1-2,4-5,9,12H,6-7H2. The molecule has 0 unspecified atom stereocenters. The van der Waals surface area contributed by atoms with Gasteiger partial charge in [-0.15, -0.1) is 0 Å². The predicted octanol–water partition coefficient (Wildman–Crippen LogP) is 0.303. The summed E-state index contributed by atoms with van der Waals surface area (Å²) in [4.78, 5) is 13.2. The maximum atomic E-state index is 11.6. The highest BCUT2D eigenvalue weighted by Gasteiger charge is 2.29. The number of aliphatic hydroxyl groups excluding tert-OH is 1. The maximum Gasteiger partial charge on any atom is 0.254 e. The minimum Gasteiger partial charge on any atom is -0.389 e. The summed E-state index contributed by atoms with van der Waals surface area (Å²) < 4.78 is 0. The first kappa shape index (κ1) is 8.26. The van der Waals surface area contributed by atoms with E-state index < -0.39 is 0 Å². The molecule has 1 radical (unpaired) electrons. The average Bonchev–Trinajstić information content (AvgIpc) is 2.13. The molecule has 1 amide bonds. The Labute approximate surface area is 76.6 Å². The number of β-amino-alcohol motifs (C(OH)–C–C–N with tert-alkyl or cyclic N) is 1. The van der Waals surface area contributed by atoms with Crippen LogP contribution in [-0.2, 0) is 0 Å². The van der Waals surface area contributed by atoms with E-state index in [1.807, 2.05) is 0 Å². The lowest BCUT2D eigenvalue weighted by molar-refractivity contribution is 0.00589. The lowest BCUT2D eigenvalue weighted by atomic mass is 10.1. The molecule has 1 aliphatic heterocycles. The maximum absolute atomic E-state index is 11.6. The zero-order valence-electron chi connectivity index (χ0n) is 7.10. The van der Waals surface area contributed by atoms with Gasteiger partial charge >= 0.3 is 0 Å². The van der Waals surface area contributed by atoms with Crippen LogP contribution in [0.25, 0.3) is 0 Å². The van der Waals surface area contributed by atoms with Crippen LogP contribution in [0.15, 0.2) is 24.3 Å². The number of nitrogens with zero attached hydrogens (tertiary/aromatic N) is 1. The van der Waals surface area contributed by atoms with Gasteiger partial charge in [0, 0.05) is 18.7 Å². The number of aliphatic hydroxyl groups is 1. The van der Waals surface area contributed by atoms with E-state index in [1.54, 1.807) is 29.2 Å². The van der Waals surface area contributed by atoms with Gasteiger partial charge < -0.3 is 10.0 Å². The monoisotopic (exact) mass is 176 g/mol. The molecular weight excluding hydrogens is 166 g/mol. The zero-order chi connectivity index (χ0) is 9.26. The first-order chi connectivity index (χ1) is 6.27. The second-order valence-electron chi connectivity index (χ2n) is 3.16. The molecule has 3 heteroatoms. The van der Waals surface area contributed by atoms with Crippen LogP contribution < -0.4 is 0 Å². The van der Waals surface area contributed by atoms with Crippen LogP contribution >= 0.6 is 0 Å². The number of likely N-dealkylation sites (tertiary alicyclic amines) is 1. The number of amides is 1. The summed E-state index contributed by atoms with van der Waals surface area (Å²) in [6.45, 7) is 0.904. The summed E-state index contributed by atoms with van der Waals surface area (Å²) in [5.74, 6) is -0.0258. The molecule has 1 fully saturated rings. The SMILES string of the molecule is O=C(c1c[c]ccc1)N1CC(O)C1. The molecule has 0 aliphatic carbocycles. The van der Waals surface area contributed by atoms with Gasteiger partial charge in [-0.05, 0) is 18.2 Å². The first-order valence-electron chi connectivity index (χ1n) is 4.21. The minimum absolute atomic E-state index is 0.0258. The molecule has 0 atom stereocenters. The van der Waals surface area contributed by atoms with E-state index in [-0.39, 0.29) is 12.0 Å². The largest absolute Gasteiger partial charge is 0.389 e. The van der Waals surface area contributed by atoms with Crippen LogP contribution in [0.4, 0.5) is 0 Å². The Morgan fingerprint density at radius 3 is 2.92 bits per heavy atom. The molecule has 1 aromatic carbocycles. The van der Waals surface area contributed by atoms with Crippen LogP contribution in [0, 0.1) is 6.07 Å². The molecule has 1 N–H and O–H groups in total. The van der Waals surface area contributed by atoms with Crippen molar-refractivity contribution in [1.29, 1.82) is 0 Å². The number of hydrogen-bond donors (Lipinski definition) is 1. The van der Waals surface area contributed by atoms with E-state index in [1.165, 1.54) is 0 Å². The number of hydrogen-bond acceptors (Lipinski definition) is 2. The summed E-state index contributed by atoms with van der Waals surface area (Å²) in [5, 5.41) is 9.01. The summed E-state index contributed by atoms with van der Waals surface area (Å²) in [5.41, 5.74) is 0.634. The van der Waals surface area contributed by atoms with Gasteiger partial charge in [-0.3, -0.25) is 4.79 Å². The molecule has 13 heavy (non-hydrogen) atoms. The molecule has 0 aromatic heterocycles. The van der Waals surface area contributed by atoms with E-state index >= 15 is 0 Å². The van der Waals surface area contributed by atoms with Crippen molar-refractivity contribution < 1.29 is 9.90 Å². The Kier molecular flexibility index (Phi) is 2.02. The van der Waals surface area contributed by atoms with Crippen molar-refractivity contribution in [3.05, 3.63) is 35.9 Å². The fourth-order valence-electron chi connectivity index (χ4n) is 1.33. The van der Waals surface area contributed by atoms with Crippen LogP contribution in [0.5, 0.6) is 0 Å². The summed E-state index contributed by atoms with van der Waals surface area (Å²) in [6.07, 6.45) is -0.336. The Hall–Kier alpha value is -1.35. The molecule has 0 spiro atoms. The molecular formula is C10H10NO2. The summed E-state index contributed by atoms with van der Waals surface area (Å²) >= 11 is 0. The number of carbonyl (C=O) groups excluding carboxylic acids is 1. The van der Waals surface area contributed by atoms with Gasteiger partial charge in [0.25, 0.3) is 5.91 Å². The van der Waals surface area contributed by atoms with Gasteiger partial charge in [-0.2, -0.15) is 0 Å². The third kappa shape index (κ3) is 1.55. The first-order valence-corrected chi connectivity index (χ1v) is 4.21. The molecule has 2 rings (SSSR count). The second kappa shape index (κ2) is 3.18.